The van der Waals surface area contributed by atoms with Crippen LogP contribution >= 0.6 is 22.7 Å². The van der Waals surface area contributed by atoms with E-state index in [-0.39, 0.29) is 24.3 Å². The third-order valence-electron chi connectivity index (χ3n) is 2.83. The van der Waals surface area contributed by atoms with Gasteiger partial charge in [-0.15, -0.1) is 21.5 Å². The summed E-state index contributed by atoms with van der Waals surface area (Å²) in [6, 6.07) is 3.48. The van der Waals surface area contributed by atoms with Crippen LogP contribution in [0.2, 0.25) is 0 Å². The predicted octanol–water partition coefficient (Wildman–Crippen LogP) is 2.76. The van der Waals surface area contributed by atoms with Crippen LogP contribution in [0, 0.1) is 0 Å². The molecule has 2 rings (SSSR count). The summed E-state index contributed by atoms with van der Waals surface area (Å²) >= 11 is 2.90. The van der Waals surface area contributed by atoms with Gasteiger partial charge in [0.1, 0.15) is 5.01 Å². The van der Waals surface area contributed by atoms with E-state index in [1.54, 1.807) is 0 Å². The molecule has 0 radical (unpaired) electrons. The molecular formula is C14H18N4O2S2. The number of hydrogen-bond acceptors (Lipinski definition) is 6. The summed E-state index contributed by atoms with van der Waals surface area (Å²) in [5, 5.41) is 16.9. The highest BCUT2D eigenvalue weighted by Gasteiger charge is 2.19. The van der Waals surface area contributed by atoms with E-state index in [1.165, 1.54) is 29.6 Å². The van der Waals surface area contributed by atoms with Gasteiger partial charge in [0, 0.05) is 18.2 Å². The molecule has 0 saturated carbocycles. The van der Waals surface area contributed by atoms with Crippen molar-refractivity contribution in [2.75, 3.05) is 5.32 Å². The van der Waals surface area contributed by atoms with Gasteiger partial charge >= 0.3 is 0 Å². The Kier molecular flexibility index (Phi) is 6.02. The van der Waals surface area contributed by atoms with Crippen molar-refractivity contribution < 1.29 is 9.59 Å². The van der Waals surface area contributed by atoms with Gasteiger partial charge in [-0.2, -0.15) is 0 Å². The quantitative estimate of drug-likeness (QED) is 0.813. The van der Waals surface area contributed by atoms with Crippen molar-refractivity contribution in [3.05, 3.63) is 27.4 Å². The van der Waals surface area contributed by atoms with Gasteiger partial charge in [-0.3, -0.25) is 9.59 Å². The van der Waals surface area contributed by atoms with E-state index in [2.05, 4.69) is 27.8 Å². The van der Waals surface area contributed by atoms with Crippen molar-refractivity contribution in [3.8, 4) is 0 Å². The maximum absolute atomic E-state index is 12.1. The number of nitrogens with zero attached hydrogens (tertiary/aromatic N) is 2. The second-order valence-electron chi connectivity index (χ2n) is 4.77. The summed E-state index contributed by atoms with van der Waals surface area (Å²) in [5.74, 6) is -0.348. The summed E-state index contributed by atoms with van der Waals surface area (Å²) in [6.07, 6.45) is 2.02. The van der Waals surface area contributed by atoms with E-state index in [1.807, 2.05) is 17.5 Å². The largest absolute Gasteiger partial charge is 0.348 e. The van der Waals surface area contributed by atoms with Gasteiger partial charge in [0.15, 0.2) is 0 Å². The standard InChI is InChI=1S/C14H18N4O2S2/c1-3-5-13-17-18-14(22-13)16-12(20)8-10(15-9(2)19)11-6-4-7-21-11/h4,6-7,10H,3,5,8H2,1-2H3,(H,15,19)(H,16,18,20)/t10-/m1/s1. The van der Waals surface area contributed by atoms with Crippen molar-refractivity contribution in [3.63, 3.8) is 0 Å². The van der Waals surface area contributed by atoms with Gasteiger partial charge in [0.2, 0.25) is 16.9 Å². The number of carbonyl (C=O) groups is 2. The molecule has 2 aromatic heterocycles. The number of amides is 2. The maximum atomic E-state index is 12.1. The lowest BCUT2D eigenvalue weighted by Crippen LogP contribution is -2.29. The number of anilines is 1. The van der Waals surface area contributed by atoms with Crippen LogP contribution in [0.3, 0.4) is 0 Å². The second-order valence-corrected chi connectivity index (χ2v) is 6.81. The SMILES string of the molecule is CCCc1nnc(NC(=O)C[C@@H](NC(C)=O)c2cccs2)s1. The van der Waals surface area contributed by atoms with Crippen molar-refractivity contribution in [1.29, 1.82) is 0 Å². The highest BCUT2D eigenvalue weighted by molar-refractivity contribution is 7.15. The zero-order chi connectivity index (χ0) is 15.9. The number of nitrogens with one attached hydrogen (secondary N) is 2. The van der Waals surface area contributed by atoms with E-state index in [0.717, 1.165) is 22.7 Å². The third kappa shape index (κ3) is 4.88. The van der Waals surface area contributed by atoms with Gasteiger partial charge in [-0.05, 0) is 17.9 Å². The molecule has 2 aromatic rings. The zero-order valence-electron chi connectivity index (χ0n) is 12.5. The summed E-state index contributed by atoms with van der Waals surface area (Å²) in [5.41, 5.74) is 0. The van der Waals surface area contributed by atoms with Crippen LogP contribution in [0.5, 0.6) is 0 Å². The average molecular weight is 338 g/mol. The molecule has 118 valence electrons. The first-order valence-electron chi connectivity index (χ1n) is 7.01. The fourth-order valence-corrected chi connectivity index (χ4v) is 3.57. The summed E-state index contributed by atoms with van der Waals surface area (Å²) in [6.45, 7) is 3.51. The number of rotatable bonds is 7. The molecule has 0 aliphatic heterocycles. The first kappa shape index (κ1) is 16.6. The number of hydrogen-bond donors (Lipinski definition) is 2. The van der Waals surface area contributed by atoms with E-state index < -0.39 is 0 Å². The Labute approximate surface area is 137 Å². The zero-order valence-corrected chi connectivity index (χ0v) is 14.1. The fourth-order valence-electron chi connectivity index (χ4n) is 1.93. The summed E-state index contributed by atoms with van der Waals surface area (Å²) < 4.78 is 0. The molecule has 0 spiro atoms. The molecule has 0 unspecified atom stereocenters. The lowest BCUT2D eigenvalue weighted by molar-refractivity contribution is -0.120. The van der Waals surface area contributed by atoms with Crippen molar-refractivity contribution in [1.82, 2.24) is 15.5 Å². The highest BCUT2D eigenvalue weighted by atomic mass is 32.1. The van der Waals surface area contributed by atoms with Gasteiger partial charge in [0.25, 0.3) is 0 Å². The molecule has 2 heterocycles. The molecule has 22 heavy (non-hydrogen) atoms. The fraction of sp³-hybridized carbons (Fsp3) is 0.429. The molecule has 2 amide bonds. The number of thiophene rings is 1. The Hall–Kier alpha value is -1.80. The normalized spacial score (nSPS) is 11.9. The minimum Gasteiger partial charge on any atom is -0.348 e. The third-order valence-corrected chi connectivity index (χ3v) is 4.72. The van der Waals surface area contributed by atoms with Crippen molar-refractivity contribution in [2.24, 2.45) is 0 Å². The second kappa shape index (κ2) is 8.00. The Bertz CT molecular complexity index is 625. The topological polar surface area (TPSA) is 84.0 Å². The minimum atomic E-state index is -0.319. The molecule has 6 nitrogen and oxygen atoms in total. The van der Waals surface area contributed by atoms with Gasteiger partial charge in [0.05, 0.1) is 12.5 Å². The van der Waals surface area contributed by atoms with Crippen molar-refractivity contribution in [2.45, 2.75) is 39.2 Å². The van der Waals surface area contributed by atoms with E-state index in [4.69, 9.17) is 0 Å². The summed E-state index contributed by atoms with van der Waals surface area (Å²) in [7, 11) is 0. The predicted molar refractivity (Wildman–Crippen MR) is 88.0 cm³/mol. The Morgan fingerprint density at radius 3 is 2.82 bits per heavy atom. The molecule has 8 heteroatoms. The van der Waals surface area contributed by atoms with Crippen LogP contribution in [-0.4, -0.2) is 22.0 Å². The molecule has 0 aliphatic carbocycles. The maximum Gasteiger partial charge on any atom is 0.228 e. The monoisotopic (exact) mass is 338 g/mol. The van der Waals surface area contributed by atoms with Crippen molar-refractivity contribution >= 4 is 39.6 Å². The Morgan fingerprint density at radius 1 is 1.36 bits per heavy atom. The van der Waals surface area contributed by atoms with Crippen LogP contribution in [0.1, 0.15) is 42.6 Å². The summed E-state index contributed by atoms with van der Waals surface area (Å²) in [4.78, 5) is 24.4. The van der Waals surface area contributed by atoms with Crippen LogP contribution in [0.4, 0.5) is 5.13 Å². The molecule has 1 atom stereocenters. The average Bonchev–Trinajstić information content (AvgIpc) is 3.09. The van der Waals surface area contributed by atoms with E-state index >= 15 is 0 Å². The number of aryl methyl sites for hydroxylation is 1. The molecular weight excluding hydrogens is 320 g/mol. The highest BCUT2D eigenvalue weighted by Crippen LogP contribution is 2.23. The van der Waals surface area contributed by atoms with Gasteiger partial charge in [-0.1, -0.05) is 24.3 Å². The minimum absolute atomic E-state index is 0.160. The van der Waals surface area contributed by atoms with Crippen LogP contribution < -0.4 is 10.6 Å². The van der Waals surface area contributed by atoms with Gasteiger partial charge in [-0.25, -0.2) is 0 Å². The molecule has 0 aromatic carbocycles. The van der Waals surface area contributed by atoms with Crippen LogP contribution in [0.25, 0.3) is 0 Å². The molecule has 2 N–H and O–H groups in total. The Morgan fingerprint density at radius 2 is 2.18 bits per heavy atom. The van der Waals surface area contributed by atoms with Crippen LogP contribution in [-0.2, 0) is 16.0 Å². The van der Waals surface area contributed by atoms with E-state index in [0.29, 0.717) is 5.13 Å². The van der Waals surface area contributed by atoms with Gasteiger partial charge < -0.3 is 10.6 Å². The lowest BCUT2D eigenvalue weighted by atomic mass is 10.1. The Balaban J connectivity index is 1.96. The molecule has 0 fully saturated rings. The first-order chi connectivity index (χ1) is 10.6. The molecule has 0 aliphatic rings. The first-order valence-corrected chi connectivity index (χ1v) is 8.70. The molecule has 0 saturated heterocycles. The number of aromatic nitrogens is 2. The van der Waals surface area contributed by atoms with E-state index in [9.17, 15) is 9.59 Å². The molecule has 0 bridgehead atoms. The smallest absolute Gasteiger partial charge is 0.228 e. The lowest BCUT2D eigenvalue weighted by Gasteiger charge is -2.15. The number of carbonyl (C=O) groups excluding carboxylic acids is 2. The van der Waals surface area contributed by atoms with Crippen LogP contribution in [0.15, 0.2) is 17.5 Å².